The molecular formula is C12H17ClN8. The molecule has 0 atom stereocenters. The predicted octanol–water partition coefficient (Wildman–Crippen LogP) is 1.00. The molecule has 1 N–H and O–H groups in total. The summed E-state index contributed by atoms with van der Waals surface area (Å²) in [6, 6.07) is 0. The number of nitrogens with one attached hydrogen (secondary N) is 1. The predicted molar refractivity (Wildman–Crippen MR) is 78.5 cm³/mol. The summed E-state index contributed by atoms with van der Waals surface area (Å²) in [5, 5.41) is 7.30. The molecule has 1 aliphatic heterocycles. The summed E-state index contributed by atoms with van der Waals surface area (Å²) in [6.07, 6.45) is 6.85. The molecule has 1 saturated heterocycles. The SMILES string of the molecule is Clc1nc(NCCN2CCCCC2)nc(-n2cncn2)n1. The van der Waals surface area contributed by atoms with E-state index in [1.54, 1.807) is 0 Å². The number of nitrogens with zero attached hydrogens (tertiary/aromatic N) is 7. The van der Waals surface area contributed by atoms with Gasteiger partial charge < -0.3 is 10.2 Å². The van der Waals surface area contributed by atoms with Crippen LogP contribution in [0.1, 0.15) is 19.3 Å². The first-order valence-electron chi connectivity index (χ1n) is 7.04. The monoisotopic (exact) mass is 308 g/mol. The van der Waals surface area contributed by atoms with E-state index in [0.717, 1.165) is 13.1 Å². The van der Waals surface area contributed by atoms with Gasteiger partial charge in [-0.05, 0) is 37.5 Å². The normalized spacial score (nSPS) is 16.0. The number of hydrogen-bond donors (Lipinski definition) is 1. The van der Waals surface area contributed by atoms with Gasteiger partial charge in [0.1, 0.15) is 12.7 Å². The van der Waals surface area contributed by atoms with E-state index < -0.39 is 0 Å². The first-order chi connectivity index (χ1) is 10.3. The second-order valence-corrected chi connectivity index (χ2v) is 5.24. The van der Waals surface area contributed by atoms with Crippen LogP contribution in [0.4, 0.5) is 5.95 Å². The summed E-state index contributed by atoms with van der Waals surface area (Å²) >= 11 is 5.92. The molecule has 0 spiro atoms. The summed E-state index contributed by atoms with van der Waals surface area (Å²) in [5.74, 6) is 0.811. The lowest BCUT2D eigenvalue weighted by Crippen LogP contribution is -2.34. The second kappa shape index (κ2) is 6.77. The molecule has 0 bridgehead atoms. The highest BCUT2D eigenvalue weighted by atomic mass is 35.5. The minimum atomic E-state index is 0.135. The molecule has 0 aliphatic carbocycles. The largest absolute Gasteiger partial charge is 0.353 e. The number of aromatic nitrogens is 6. The Labute approximate surface area is 127 Å². The van der Waals surface area contributed by atoms with E-state index in [9.17, 15) is 0 Å². The number of piperidine rings is 1. The average molecular weight is 309 g/mol. The maximum Gasteiger partial charge on any atom is 0.258 e. The van der Waals surface area contributed by atoms with E-state index in [-0.39, 0.29) is 5.28 Å². The number of anilines is 1. The van der Waals surface area contributed by atoms with Gasteiger partial charge in [-0.2, -0.15) is 24.7 Å². The van der Waals surface area contributed by atoms with E-state index in [2.05, 4.69) is 35.3 Å². The van der Waals surface area contributed by atoms with Crippen LogP contribution in [0.5, 0.6) is 0 Å². The van der Waals surface area contributed by atoms with Gasteiger partial charge in [-0.1, -0.05) is 6.42 Å². The van der Waals surface area contributed by atoms with Crippen molar-refractivity contribution >= 4 is 17.5 Å². The molecule has 3 rings (SSSR count). The molecule has 3 heterocycles. The van der Waals surface area contributed by atoms with Crippen molar-refractivity contribution in [3.05, 3.63) is 17.9 Å². The van der Waals surface area contributed by atoms with E-state index in [0.29, 0.717) is 11.9 Å². The molecule has 2 aromatic heterocycles. The molecule has 1 fully saturated rings. The minimum Gasteiger partial charge on any atom is -0.353 e. The first kappa shape index (κ1) is 14.2. The molecular weight excluding hydrogens is 292 g/mol. The van der Waals surface area contributed by atoms with Gasteiger partial charge in [0.15, 0.2) is 0 Å². The Hall–Kier alpha value is -1.80. The highest BCUT2D eigenvalue weighted by Crippen LogP contribution is 2.10. The summed E-state index contributed by atoms with van der Waals surface area (Å²) in [7, 11) is 0. The lowest BCUT2D eigenvalue weighted by Gasteiger charge is -2.26. The van der Waals surface area contributed by atoms with Crippen LogP contribution < -0.4 is 5.32 Å². The maximum atomic E-state index is 5.92. The van der Waals surface area contributed by atoms with E-state index in [1.807, 2.05) is 0 Å². The zero-order valence-corrected chi connectivity index (χ0v) is 12.4. The van der Waals surface area contributed by atoms with Gasteiger partial charge in [-0.15, -0.1) is 0 Å². The third-order valence-electron chi connectivity index (χ3n) is 3.38. The van der Waals surface area contributed by atoms with Gasteiger partial charge in [-0.3, -0.25) is 0 Å². The van der Waals surface area contributed by atoms with Crippen LogP contribution in [0.3, 0.4) is 0 Å². The maximum absolute atomic E-state index is 5.92. The van der Waals surface area contributed by atoms with Crippen molar-refractivity contribution in [3.8, 4) is 5.95 Å². The molecule has 0 radical (unpaired) electrons. The molecule has 0 amide bonds. The van der Waals surface area contributed by atoms with Gasteiger partial charge in [-0.25, -0.2) is 4.98 Å². The molecule has 9 heteroatoms. The van der Waals surface area contributed by atoms with Crippen molar-refractivity contribution in [2.45, 2.75) is 19.3 Å². The van der Waals surface area contributed by atoms with Gasteiger partial charge in [0, 0.05) is 13.1 Å². The molecule has 112 valence electrons. The molecule has 2 aromatic rings. The third kappa shape index (κ3) is 3.85. The van der Waals surface area contributed by atoms with Crippen molar-refractivity contribution in [1.29, 1.82) is 0 Å². The van der Waals surface area contributed by atoms with Crippen molar-refractivity contribution < 1.29 is 0 Å². The van der Waals surface area contributed by atoms with E-state index in [4.69, 9.17) is 11.6 Å². The topological polar surface area (TPSA) is 84.7 Å². The molecule has 0 aromatic carbocycles. The summed E-state index contributed by atoms with van der Waals surface area (Å²) in [5.41, 5.74) is 0. The van der Waals surface area contributed by atoms with Crippen LogP contribution in [0.25, 0.3) is 5.95 Å². The molecule has 0 unspecified atom stereocenters. The lowest BCUT2D eigenvalue weighted by atomic mass is 10.1. The first-order valence-corrected chi connectivity index (χ1v) is 7.42. The van der Waals surface area contributed by atoms with Gasteiger partial charge in [0.2, 0.25) is 11.2 Å². The highest BCUT2D eigenvalue weighted by Gasteiger charge is 2.10. The van der Waals surface area contributed by atoms with Crippen LogP contribution in [-0.4, -0.2) is 60.8 Å². The Kier molecular flexibility index (Phi) is 4.56. The van der Waals surface area contributed by atoms with Crippen molar-refractivity contribution in [3.63, 3.8) is 0 Å². The Morgan fingerprint density at radius 3 is 2.76 bits per heavy atom. The van der Waals surface area contributed by atoms with Gasteiger partial charge >= 0.3 is 0 Å². The van der Waals surface area contributed by atoms with Crippen molar-refractivity contribution in [2.24, 2.45) is 0 Å². The summed E-state index contributed by atoms with van der Waals surface area (Å²) < 4.78 is 1.45. The van der Waals surface area contributed by atoms with Gasteiger partial charge in [0.05, 0.1) is 0 Å². The van der Waals surface area contributed by atoms with Gasteiger partial charge in [0.25, 0.3) is 5.95 Å². The Morgan fingerprint density at radius 1 is 1.14 bits per heavy atom. The van der Waals surface area contributed by atoms with Crippen LogP contribution in [0.2, 0.25) is 5.28 Å². The number of hydrogen-bond acceptors (Lipinski definition) is 7. The minimum absolute atomic E-state index is 0.135. The standard InChI is InChI=1S/C12H17ClN8/c13-10-17-11(15-4-7-20-5-2-1-3-6-20)19-12(18-10)21-9-14-8-16-21/h8-9H,1-7H2,(H,15,17,18,19). The molecule has 0 saturated carbocycles. The summed E-state index contributed by atoms with van der Waals surface area (Å²) in [6.45, 7) is 4.09. The molecule has 1 aliphatic rings. The average Bonchev–Trinajstić information content (AvgIpc) is 3.02. The van der Waals surface area contributed by atoms with Crippen LogP contribution in [0.15, 0.2) is 12.7 Å². The fourth-order valence-corrected chi connectivity index (χ4v) is 2.50. The van der Waals surface area contributed by atoms with Crippen LogP contribution >= 0.6 is 11.6 Å². The number of likely N-dealkylation sites (tertiary alicyclic amines) is 1. The van der Waals surface area contributed by atoms with E-state index >= 15 is 0 Å². The fraction of sp³-hybridized carbons (Fsp3) is 0.583. The number of halogens is 1. The van der Waals surface area contributed by atoms with Crippen LogP contribution in [-0.2, 0) is 0 Å². The summed E-state index contributed by atoms with van der Waals surface area (Å²) in [4.78, 5) is 18.7. The Balaban J connectivity index is 1.60. The molecule has 8 nitrogen and oxygen atoms in total. The second-order valence-electron chi connectivity index (χ2n) is 4.90. The zero-order chi connectivity index (χ0) is 14.5. The highest BCUT2D eigenvalue weighted by molar-refractivity contribution is 6.28. The Bertz CT molecular complexity index is 567. The lowest BCUT2D eigenvalue weighted by molar-refractivity contribution is 0.237. The molecule has 21 heavy (non-hydrogen) atoms. The van der Waals surface area contributed by atoms with Crippen molar-refractivity contribution in [1.82, 2.24) is 34.6 Å². The Morgan fingerprint density at radius 2 is 2.00 bits per heavy atom. The van der Waals surface area contributed by atoms with Crippen molar-refractivity contribution in [2.75, 3.05) is 31.5 Å². The smallest absolute Gasteiger partial charge is 0.258 e. The van der Waals surface area contributed by atoms with Crippen LogP contribution in [0, 0.1) is 0 Å². The van der Waals surface area contributed by atoms with E-state index in [1.165, 1.54) is 49.7 Å². The third-order valence-corrected chi connectivity index (χ3v) is 3.55. The fourth-order valence-electron chi connectivity index (χ4n) is 2.34. The quantitative estimate of drug-likeness (QED) is 0.882. The number of rotatable bonds is 5. The zero-order valence-electron chi connectivity index (χ0n) is 11.6.